The number of phenolic OH excluding ortho intramolecular Hbond substituents is 1. The average Bonchev–Trinajstić information content (AvgIpc) is 2.59. The standard InChI is InChI=1S/C18H21ClN2O3S/c1-14-12-20(13-15-11-16(19)7-8-18(15)22)9-10-21(14)25(23,24)17-5-3-2-4-6-17/h2-8,11,14,22H,9-10,12-13H2,1H3. The van der Waals surface area contributed by atoms with Gasteiger partial charge in [-0.3, -0.25) is 4.90 Å². The van der Waals surface area contributed by atoms with Gasteiger partial charge < -0.3 is 5.11 Å². The van der Waals surface area contributed by atoms with Crippen LogP contribution in [0.15, 0.2) is 53.4 Å². The molecule has 2 aromatic rings. The number of piperazine rings is 1. The first-order valence-corrected chi connectivity index (χ1v) is 9.96. The molecule has 1 N–H and O–H groups in total. The normalized spacial score (nSPS) is 19.8. The lowest BCUT2D eigenvalue weighted by Gasteiger charge is -2.39. The third-order valence-electron chi connectivity index (χ3n) is 4.44. The van der Waals surface area contributed by atoms with Crippen molar-refractivity contribution in [2.45, 2.75) is 24.4 Å². The molecule has 0 spiro atoms. The number of hydrogen-bond donors (Lipinski definition) is 1. The van der Waals surface area contributed by atoms with Crippen LogP contribution in [-0.4, -0.2) is 48.4 Å². The molecule has 0 amide bonds. The van der Waals surface area contributed by atoms with Crippen molar-refractivity contribution >= 4 is 21.6 Å². The van der Waals surface area contributed by atoms with Crippen LogP contribution >= 0.6 is 11.6 Å². The van der Waals surface area contributed by atoms with Crippen LogP contribution in [0, 0.1) is 0 Å². The number of halogens is 1. The molecule has 134 valence electrons. The summed E-state index contributed by atoms with van der Waals surface area (Å²) in [7, 11) is -3.49. The molecular formula is C18H21ClN2O3S. The van der Waals surface area contributed by atoms with Crippen molar-refractivity contribution in [1.29, 1.82) is 0 Å². The lowest BCUT2D eigenvalue weighted by molar-refractivity contribution is 0.137. The maximum Gasteiger partial charge on any atom is 0.243 e. The zero-order chi connectivity index (χ0) is 18.0. The molecule has 25 heavy (non-hydrogen) atoms. The monoisotopic (exact) mass is 380 g/mol. The van der Waals surface area contributed by atoms with Crippen LogP contribution in [0.1, 0.15) is 12.5 Å². The van der Waals surface area contributed by atoms with Crippen LogP contribution in [0.3, 0.4) is 0 Å². The number of nitrogens with zero attached hydrogens (tertiary/aromatic N) is 2. The lowest BCUT2D eigenvalue weighted by Crippen LogP contribution is -2.53. The van der Waals surface area contributed by atoms with Gasteiger partial charge in [-0.15, -0.1) is 0 Å². The van der Waals surface area contributed by atoms with Crippen molar-refractivity contribution in [2.75, 3.05) is 19.6 Å². The summed E-state index contributed by atoms with van der Waals surface area (Å²) in [5.41, 5.74) is 0.749. The maximum atomic E-state index is 12.8. The van der Waals surface area contributed by atoms with Crippen molar-refractivity contribution < 1.29 is 13.5 Å². The van der Waals surface area contributed by atoms with Gasteiger partial charge in [-0.1, -0.05) is 29.8 Å². The molecule has 2 aromatic carbocycles. The second-order valence-electron chi connectivity index (χ2n) is 6.29. The van der Waals surface area contributed by atoms with Gasteiger partial charge in [0.1, 0.15) is 5.75 Å². The van der Waals surface area contributed by atoms with Gasteiger partial charge >= 0.3 is 0 Å². The van der Waals surface area contributed by atoms with E-state index in [1.807, 2.05) is 6.92 Å². The topological polar surface area (TPSA) is 60.9 Å². The Balaban J connectivity index is 1.72. The number of hydrogen-bond acceptors (Lipinski definition) is 4. The summed E-state index contributed by atoms with van der Waals surface area (Å²) in [6.07, 6.45) is 0. The molecule has 1 unspecified atom stereocenters. The van der Waals surface area contributed by atoms with Crippen molar-refractivity contribution in [2.24, 2.45) is 0 Å². The molecule has 0 aromatic heterocycles. The zero-order valence-corrected chi connectivity index (χ0v) is 15.5. The molecule has 1 fully saturated rings. The largest absolute Gasteiger partial charge is 0.508 e. The molecule has 1 atom stereocenters. The molecule has 3 rings (SSSR count). The van der Waals surface area contributed by atoms with Gasteiger partial charge in [0.2, 0.25) is 10.0 Å². The van der Waals surface area contributed by atoms with Gasteiger partial charge in [0.15, 0.2) is 0 Å². The Morgan fingerprint density at radius 1 is 1.16 bits per heavy atom. The van der Waals surface area contributed by atoms with E-state index < -0.39 is 10.0 Å². The van der Waals surface area contributed by atoms with E-state index in [4.69, 9.17) is 11.6 Å². The Hall–Kier alpha value is -1.60. The van der Waals surface area contributed by atoms with Crippen molar-refractivity contribution in [3.8, 4) is 5.75 Å². The third-order valence-corrected chi connectivity index (χ3v) is 6.70. The maximum absolute atomic E-state index is 12.8. The van der Waals surface area contributed by atoms with Gasteiger partial charge in [-0.2, -0.15) is 4.31 Å². The molecule has 1 heterocycles. The first-order valence-electron chi connectivity index (χ1n) is 8.14. The predicted octanol–water partition coefficient (Wildman–Crippen LogP) is 2.94. The van der Waals surface area contributed by atoms with Gasteiger partial charge in [0, 0.05) is 42.8 Å². The number of aromatic hydroxyl groups is 1. The molecule has 1 saturated heterocycles. The molecule has 5 nitrogen and oxygen atoms in total. The Kier molecular flexibility index (Phi) is 5.34. The average molecular weight is 381 g/mol. The van der Waals surface area contributed by atoms with E-state index >= 15 is 0 Å². The van der Waals surface area contributed by atoms with Crippen LogP contribution < -0.4 is 0 Å². The molecule has 0 bridgehead atoms. The van der Waals surface area contributed by atoms with Crippen LogP contribution in [-0.2, 0) is 16.6 Å². The minimum atomic E-state index is -3.49. The second-order valence-corrected chi connectivity index (χ2v) is 8.61. The summed E-state index contributed by atoms with van der Waals surface area (Å²) in [6.45, 7) is 4.06. The molecule has 0 aliphatic carbocycles. The summed E-state index contributed by atoms with van der Waals surface area (Å²) in [4.78, 5) is 2.45. The highest BCUT2D eigenvalue weighted by Crippen LogP contribution is 2.26. The van der Waals surface area contributed by atoms with E-state index in [-0.39, 0.29) is 11.8 Å². The minimum Gasteiger partial charge on any atom is -0.508 e. The fraction of sp³-hybridized carbons (Fsp3) is 0.333. The van der Waals surface area contributed by atoms with Gasteiger partial charge in [0.05, 0.1) is 4.90 Å². The fourth-order valence-corrected chi connectivity index (χ4v) is 5.00. The smallest absolute Gasteiger partial charge is 0.243 e. The van der Waals surface area contributed by atoms with Crippen LogP contribution in [0.4, 0.5) is 0 Å². The van der Waals surface area contributed by atoms with E-state index in [0.29, 0.717) is 36.1 Å². The number of phenols is 1. The summed E-state index contributed by atoms with van der Waals surface area (Å²) in [5.74, 6) is 0.205. The number of sulfonamides is 1. The summed E-state index contributed by atoms with van der Waals surface area (Å²) in [5, 5.41) is 10.5. The fourth-order valence-electron chi connectivity index (χ4n) is 3.17. The first-order chi connectivity index (χ1) is 11.9. The third kappa shape index (κ3) is 3.98. The Morgan fingerprint density at radius 3 is 2.56 bits per heavy atom. The molecule has 7 heteroatoms. The van der Waals surface area contributed by atoms with Crippen molar-refractivity contribution in [3.05, 3.63) is 59.1 Å². The van der Waals surface area contributed by atoms with Crippen LogP contribution in [0.5, 0.6) is 5.75 Å². The van der Waals surface area contributed by atoms with E-state index in [9.17, 15) is 13.5 Å². The zero-order valence-electron chi connectivity index (χ0n) is 14.0. The van der Waals surface area contributed by atoms with Crippen LogP contribution in [0.2, 0.25) is 5.02 Å². The van der Waals surface area contributed by atoms with Crippen LogP contribution in [0.25, 0.3) is 0 Å². The van der Waals surface area contributed by atoms with Gasteiger partial charge in [0.25, 0.3) is 0 Å². The summed E-state index contributed by atoms with van der Waals surface area (Å²) >= 11 is 6.00. The van der Waals surface area contributed by atoms with Crippen molar-refractivity contribution in [3.63, 3.8) is 0 Å². The molecule has 0 saturated carbocycles. The predicted molar refractivity (Wildman–Crippen MR) is 98.2 cm³/mol. The van der Waals surface area contributed by atoms with E-state index in [1.165, 1.54) is 0 Å². The lowest BCUT2D eigenvalue weighted by atomic mass is 10.1. The summed E-state index contributed by atoms with van der Waals surface area (Å²) in [6, 6.07) is 13.3. The Morgan fingerprint density at radius 2 is 1.88 bits per heavy atom. The highest BCUT2D eigenvalue weighted by atomic mass is 35.5. The second kappa shape index (κ2) is 7.33. The molecule has 0 radical (unpaired) electrons. The summed E-state index contributed by atoms with van der Waals surface area (Å²) < 4.78 is 27.2. The highest BCUT2D eigenvalue weighted by molar-refractivity contribution is 7.89. The SMILES string of the molecule is CC1CN(Cc2cc(Cl)ccc2O)CCN1S(=O)(=O)c1ccccc1. The molecule has 1 aliphatic heterocycles. The minimum absolute atomic E-state index is 0.153. The first kappa shape index (κ1) is 18.2. The van der Waals surface area contributed by atoms with E-state index in [0.717, 1.165) is 5.56 Å². The quantitative estimate of drug-likeness (QED) is 0.885. The molecule has 1 aliphatic rings. The highest BCUT2D eigenvalue weighted by Gasteiger charge is 2.33. The van der Waals surface area contributed by atoms with E-state index in [1.54, 1.807) is 52.8 Å². The Bertz CT molecular complexity index is 843. The van der Waals surface area contributed by atoms with Crippen molar-refractivity contribution in [1.82, 2.24) is 9.21 Å². The number of rotatable bonds is 4. The van der Waals surface area contributed by atoms with Gasteiger partial charge in [-0.25, -0.2) is 8.42 Å². The molecular weight excluding hydrogens is 360 g/mol. The van der Waals surface area contributed by atoms with Gasteiger partial charge in [-0.05, 0) is 37.3 Å². The Labute approximate surface area is 153 Å². The van der Waals surface area contributed by atoms with E-state index in [2.05, 4.69) is 4.90 Å². The number of benzene rings is 2.